The van der Waals surface area contributed by atoms with Gasteiger partial charge in [0, 0.05) is 7.05 Å². The Morgan fingerprint density at radius 3 is 2.50 bits per heavy atom. The minimum absolute atomic E-state index is 0.0399. The van der Waals surface area contributed by atoms with Crippen LogP contribution in [0, 0.1) is 11.6 Å². The van der Waals surface area contributed by atoms with Crippen LogP contribution >= 0.6 is 0 Å². The van der Waals surface area contributed by atoms with Crippen molar-refractivity contribution in [2.75, 3.05) is 12.4 Å². The van der Waals surface area contributed by atoms with Crippen molar-refractivity contribution in [2.45, 2.75) is 0 Å². The van der Waals surface area contributed by atoms with Crippen molar-refractivity contribution in [3.05, 3.63) is 29.3 Å². The van der Waals surface area contributed by atoms with E-state index in [1.807, 2.05) is 0 Å². The lowest BCUT2D eigenvalue weighted by molar-refractivity contribution is 0.111. The van der Waals surface area contributed by atoms with Crippen molar-refractivity contribution in [2.24, 2.45) is 0 Å². The second kappa shape index (κ2) is 3.30. The highest BCUT2D eigenvalue weighted by Crippen LogP contribution is 2.18. The number of nitrogens with one attached hydrogen (secondary N) is 1. The molecule has 1 aromatic rings. The molecule has 0 radical (unpaired) electrons. The molecule has 12 heavy (non-hydrogen) atoms. The first-order valence-electron chi connectivity index (χ1n) is 3.31. The Balaban J connectivity index is 3.29. The summed E-state index contributed by atoms with van der Waals surface area (Å²) in [5, 5.41) is 2.46. The molecule has 0 atom stereocenters. The molecule has 0 aliphatic rings. The molecule has 1 N–H and O–H groups in total. The molecule has 0 spiro atoms. The molecule has 0 saturated carbocycles. The average molecular weight is 171 g/mol. The van der Waals surface area contributed by atoms with Crippen LogP contribution in [0.25, 0.3) is 0 Å². The van der Waals surface area contributed by atoms with Gasteiger partial charge in [-0.3, -0.25) is 4.79 Å². The van der Waals surface area contributed by atoms with E-state index in [4.69, 9.17) is 0 Å². The van der Waals surface area contributed by atoms with Crippen LogP contribution in [0.5, 0.6) is 0 Å². The van der Waals surface area contributed by atoms with Crippen LogP contribution in [0.2, 0.25) is 0 Å². The van der Waals surface area contributed by atoms with Crippen LogP contribution < -0.4 is 5.32 Å². The van der Waals surface area contributed by atoms with Crippen molar-refractivity contribution in [3.8, 4) is 0 Å². The SMILES string of the molecule is CNc1ccc(C=O)c(F)c1F. The van der Waals surface area contributed by atoms with Crippen LogP contribution in [0.3, 0.4) is 0 Å². The number of carbonyl (C=O) groups excluding carboxylic acids is 1. The molecule has 2 nitrogen and oxygen atoms in total. The fourth-order valence-corrected chi connectivity index (χ4v) is 0.848. The number of rotatable bonds is 2. The number of aldehydes is 1. The number of halogens is 2. The van der Waals surface area contributed by atoms with E-state index < -0.39 is 11.6 Å². The van der Waals surface area contributed by atoms with Crippen molar-refractivity contribution in [3.63, 3.8) is 0 Å². The van der Waals surface area contributed by atoms with Crippen LogP contribution in [0.15, 0.2) is 12.1 Å². The van der Waals surface area contributed by atoms with Gasteiger partial charge in [-0.15, -0.1) is 0 Å². The van der Waals surface area contributed by atoms with E-state index in [1.54, 1.807) is 0 Å². The first kappa shape index (κ1) is 8.64. The summed E-state index contributed by atoms with van der Waals surface area (Å²) in [7, 11) is 1.47. The van der Waals surface area contributed by atoms with Crippen LogP contribution in [0.4, 0.5) is 14.5 Å². The van der Waals surface area contributed by atoms with Gasteiger partial charge in [-0.1, -0.05) is 0 Å². The third-order valence-electron chi connectivity index (χ3n) is 1.51. The molecule has 0 unspecified atom stereocenters. The monoisotopic (exact) mass is 171 g/mol. The Bertz CT molecular complexity index is 312. The summed E-state index contributed by atoms with van der Waals surface area (Å²) in [6, 6.07) is 2.53. The van der Waals surface area contributed by atoms with Crippen molar-refractivity contribution in [1.29, 1.82) is 0 Å². The summed E-state index contributed by atoms with van der Waals surface area (Å²) in [6.07, 6.45) is 0.276. The molecular formula is C8H7F2NO. The summed E-state index contributed by atoms with van der Waals surface area (Å²) < 4.78 is 25.7. The zero-order valence-corrected chi connectivity index (χ0v) is 6.40. The maximum absolute atomic E-state index is 12.9. The van der Waals surface area contributed by atoms with Crippen LogP contribution in [0.1, 0.15) is 10.4 Å². The Labute approximate surface area is 68.2 Å². The molecule has 4 heteroatoms. The first-order chi connectivity index (χ1) is 5.70. The van der Waals surface area contributed by atoms with Gasteiger partial charge in [0.1, 0.15) is 0 Å². The quantitative estimate of drug-likeness (QED) is 0.687. The Morgan fingerprint density at radius 1 is 1.33 bits per heavy atom. The van der Waals surface area contributed by atoms with Gasteiger partial charge >= 0.3 is 0 Å². The summed E-state index contributed by atoms with van der Waals surface area (Å²) in [4.78, 5) is 10.2. The number of hydrogen-bond donors (Lipinski definition) is 1. The largest absolute Gasteiger partial charge is 0.386 e. The molecule has 0 fully saturated rings. The van der Waals surface area contributed by atoms with Crippen LogP contribution in [-0.4, -0.2) is 13.3 Å². The molecule has 1 aromatic carbocycles. The van der Waals surface area contributed by atoms with E-state index in [9.17, 15) is 13.6 Å². The van der Waals surface area contributed by atoms with Gasteiger partial charge in [-0.05, 0) is 12.1 Å². The van der Waals surface area contributed by atoms with E-state index in [0.717, 1.165) is 0 Å². The van der Waals surface area contributed by atoms with Gasteiger partial charge in [-0.25, -0.2) is 8.78 Å². The highest BCUT2D eigenvalue weighted by atomic mass is 19.2. The summed E-state index contributed by atoms with van der Waals surface area (Å²) in [5.41, 5.74) is -0.232. The smallest absolute Gasteiger partial charge is 0.182 e. The standard InChI is InChI=1S/C8H7F2NO/c1-11-6-3-2-5(4-12)7(9)8(6)10/h2-4,11H,1H3. The summed E-state index contributed by atoms with van der Waals surface area (Å²) >= 11 is 0. The normalized spacial score (nSPS) is 9.58. The van der Waals surface area contributed by atoms with Crippen molar-refractivity contribution >= 4 is 12.0 Å². The van der Waals surface area contributed by atoms with Crippen molar-refractivity contribution < 1.29 is 13.6 Å². The molecule has 0 aliphatic heterocycles. The van der Waals surface area contributed by atoms with Gasteiger partial charge in [0.15, 0.2) is 17.9 Å². The van der Waals surface area contributed by atoms with Gasteiger partial charge in [-0.2, -0.15) is 0 Å². The lowest BCUT2D eigenvalue weighted by Crippen LogP contribution is -1.98. The number of carbonyl (C=O) groups is 1. The molecule has 0 aliphatic carbocycles. The molecule has 0 heterocycles. The number of benzene rings is 1. The maximum Gasteiger partial charge on any atom is 0.182 e. The summed E-state index contributed by atoms with van der Waals surface area (Å²) in [5.74, 6) is -2.14. The zero-order valence-electron chi connectivity index (χ0n) is 6.40. The minimum Gasteiger partial charge on any atom is -0.386 e. The maximum atomic E-state index is 12.9. The fraction of sp³-hybridized carbons (Fsp3) is 0.125. The van der Waals surface area contributed by atoms with E-state index >= 15 is 0 Å². The molecule has 0 amide bonds. The molecule has 0 aromatic heterocycles. The Morgan fingerprint density at radius 2 is 2.00 bits per heavy atom. The minimum atomic E-state index is -1.11. The van der Waals surface area contributed by atoms with Gasteiger partial charge < -0.3 is 5.32 Å². The summed E-state index contributed by atoms with van der Waals surface area (Å²) in [6.45, 7) is 0. The Hall–Kier alpha value is -1.45. The van der Waals surface area contributed by atoms with Crippen LogP contribution in [-0.2, 0) is 0 Å². The van der Waals surface area contributed by atoms with Gasteiger partial charge in [0.2, 0.25) is 0 Å². The van der Waals surface area contributed by atoms with Gasteiger partial charge in [0.05, 0.1) is 11.3 Å². The molecule has 0 saturated heterocycles. The highest BCUT2D eigenvalue weighted by Gasteiger charge is 2.10. The molecular weight excluding hydrogens is 164 g/mol. The molecule has 0 bridgehead atoms. The predicted octanol–water partition coefficient (Wildman–Crippen LogP) is 1.82. The fourth-order valence-electron chi connectivity index (χ4n) is 0.848. The zero-order chi connectivity index (χ0) is 9.14. The number of anilines is 1. The van der Waals surface area contributed by atoms with Gasteiger partial charge in [0.25, 0.3) is 0 Å². The molecule has 1 rings (SSSR count). The average Bonchev–Trinajstić information content (AvgIpc) is 2.10. The second-order valence-corrected chi connectivity index (χ2v) is 2.20. The highest BCUT2D eigenvalue weighted by molar-refractivity contribution is 5.76. The van der Waals surface area contributed by atoms with E-state index in [-0.39, 0.29) is 17.5 Å². The van der Waals surface area contributed by atoms with E-state index in [1.165, 1.54) is 19.2 Å². The third kappa shape index (κ3) is 1.28. The van der Waals surface area contributed by atoms with E-state index in [2.05, 4.69) is 5.32 Å². The lowest BCUT2D eigenvalue weighted by atomic mass is 10.2. The lowest BCUT2D eigenvalue weighted by Gasteiger charge is -2.03. The van der Waals surface area contributed by atoms with E-state index in [0.29, 0.717) is 0 Å². The molecule has 64 valence electrons. The third-order valence-corrected chi connectivity index (χ3v) is 1.51. The topological polar surface area (TPSA) is 29.1 Å². The first-order valence-corrected chi connectivity index (χ1v) is 3.31. The second-order valence-electron chi connectivity index (χ2n) is 2.20. The number of hydrogen-bond acceptors (Lipinski definition) is 2. The predicted molar refractivity (Wildman–Crippen MR) is 41.3 cm³/mol. The van der Waals surface area contributed by atoms with Crippen molar-refractivity contribution in [1.82, 2.24) is 0 Å². The Kier molecular flexibility index (Phi) is 2.38.